The zero-order chi connectivity index (χ0) is 14.7. The van der Waals surface area contributed by atoms with Gasteiger partial charge >= 0.3 is 5.97 Å². The molecule has 0 radical (unpaired) electrons. The molecular formula is C14H13FN2O3. The van der Waals surface area contributed by atoms with Crippen LogP contribution >= 0.6 is 0 Å². The average molecular weight is 276 g/mol. The number of aromatic nitrogens is 2. The monoisotopic (exact) mass is 276 g/mol. The van der Waals surface area contributed by atoms with Crippen molar-refractivity contribution in [2.45, 2.75) is 19.8 Å². The molecule has 2 aromatic rings. The van der Waals surface area contributed by atoms with Crippen LogP contribution < -0.4 is 5.56 Å². The Morgan fingerprint density at radius 2 is 2.20 bits per heavy atom. The second-order valence-electron chi connectivity index (χ2n) is 4.38. The van der Waals surface area contributed by atoms with Crippen LogP contribution in [0.4, 0.5) is 4.39 Å². The molecule has 0 aliphatic carbocycles. The third-order valence-electron chi connectivity index (χ3n) is 2.91. The number of benzene rings is 1. The highest BCUT2D eigenvalue weighted by molar-refractivity contribution is 5.67. The Kier molecular flexibility index (Phi) is 3.93. The molecule has 0 aliphatic rings. The maximum atomic E-state index is 13.2. The van der Waals surface area contributed by atoms with Crippen molar-refractivity contribution in [2.75, 3.05) is 0 Å². The third-order valence-corrected chi connectivity index (χ3v) is 2.91. The lowest BCUT2D eigenvalue weighted by molar-refractivity contribution is -0.136. The van der Waals surface area contributed by atoms with Gasteiger partial charge in [-0.25, -0.2) is 9.37 Å². The molecule has 1 aromatic carbocycles. The van der Waals surface area contributed by atoms with Crippen LogP contribution in [0.2, 0.25) is 0 Å². The van der Waals surface area contributed by atoms with Crippen molar-refractivity contribution in [2.24, 2.45) is 0 Å². The average Bonchev–Trinajstić information content (AvgIpc) is 2.37. The van der Waals surface area contributed by atoms with Gasteiger partial charge in [-0.1, -0.05) is 12.1 Å². The molecule has 5 nitrogen and oxygen atoms in total. The highest BCUT2D eigenvalue weighted by Crippen LogP contribution is 2.16. The van der Waals surface area contributed by atoms with E-state index in [9.17, 15) is 14.0 Å². The lowest BCUT2D eigenvalue weighted by Crippen LogP contribution is -2.18. The Morgan fingerprint density at radius 1 is 1.45 bits per heavy atom. The zero-order valence-corrected chi connectivity index (χ0v) is 10.8. The van der Waals surface area contributed by atoms with Crippen LogP contribution in [0.3, 0.4) is 0 Å². The van der Waals surface area contributed by atoms with Crippen molar-refractivity contribution < 1.29 is 14.3 Å². The minimum atomic E-state index is -0.974. The molecule has 2 rings (SSSR count). The summed E-state index contributed by atoms with van der Waals surface area (Å²) in [6.07, 6.45) is -0.0160. The molecule has 0 bridgehead atoms. The van der Waals surface area contributed by atoms with Crippen LogP contribution in [0.1, 0.15) is 17.7 Å². The van der Waals surface area contributed by atoms with Crippen molar-refractivity contribution in [3.05, 3.63) is 51.7 Å². The van der Waals surface area contributed by atoms with Gasteiger partial charge in [0, 0.05) is 23.2 Å². The fourth-order valence-electron chi connectivity index (χ4n) is 1.91. The molecule has 104 valence electrons. The molecule has 0 atom stereocenters. The summed E-state index contributed by atoms with van der Waals surface area (Å²) in [6, 6.07) is 5.74. The summed E-state index contributed by atoms with van der Waals surface area (Å²) < 4.78 is 13.2. The van der Waals surface area contributed by atoms with Crippen LogP contribution in [-0.4, -0.2) is 21.0 Å². The molecule has 1 heterocycles. The second-order valence-corrected chi connectivity index (χ2v) is 4.38. The highest BCUT2D eigenvalue weighted by atomic mass is 19.1. The number of H-pyrrole nitrogens is 1. The number of rotatable bonds is 4. The summed E-state index contributed by atoms with van der Waals surface area (Å²) in [5.41, 5.74) is 0.870. The molecule has 0 saturated heterocycles. The Morgan fingerprint density at radius 3 is 2.80 bits per heavy atom. The molecule has 2 N–H and O–H groups in total. The van der Waals surface area contributed by atoms with E-state index in [-0.39, 0.29) is 18.7 Å². The number of nitrogens with zero attached hydrogens (tertiary/aromatic N) is 1. The number of aromatic amines is 1. The second kappa shape index (κ2) is 5.64. The predicted octanol–water partition coefficient (Wildman–Crippen LogP) is 1.90. The molecule has 6 heteroatoms. The van der Waals surface area contributed by atoms with E-state index in [0.717, 1.165) is 0 Å². The number of carboxylic acid groups (broad SMARTS) is 1. The van der Waals surface area contributed by atoms with Gasteiger partial charge in [0.2, 0.25) is 0 Å². The Hall–Kier alpha value is -2.50. The van der Waals surface area contributed by atoms with E-state index in [1.165, 1.54) is 18.2 Å². The molecule has 1 aromatic heterocycles. The number of nitrogens with one attached hydrogen (secondary N) is 1. The van der Waals surface area contributed by atoms with Crippen molar-refractivity contribution in [1.29, 1.82) is 0 Å². The molecule has 0 fully saturated rings. The summed E-state index contributed by atoms with van der Waals surface area (Å²) in [4.78, 5) is 29.3. The molecule has 0 saturated carbocycles. The van der Waals surface area contributed by atoms with Crippen molar-refractivity contribution in [3.8, 4) is 11.4 Å². The van der Waals surface area contributed by atoms with E-state index in [0.29, 0.717) is 16.8 Å². The number of aliphatic carboxylic acids is 1. The molecular weight excluding hydrogens is 263 g/mol. The fourth-order valence-corrected chi connectivity index (χ4v) is 1.91. The van der Waals surface area contributed by atoms with Gasteiger partial charge in [-0.05, 0) is 25.5 Å². The van der Waals surface area contributed by atoms with E-state index < -0.39 is 17.3 Å². The van der Waals surface area contributed by atoms with Crippen molar-refractivity contribution >= 4 is 5.97 Å². The van der Waals surface area contributed by atoms with Gasteiger partial charge in [0.25, 0.3) is 5.56 Å². The lowest BCUT2D eigenvalue weighted by Gasteiger charge is -2.06. The first-order chi connectivity index (χ1) is 9.47. The Balaban J connectivity index is 2.40. The van der Waals surface area contributed by atoms with Crippen LogP contribution in [0.25, 0.3) is 11.4 Å². The topological polar surface area (TPSA) is 83.0 Å². The van der Waals surface area contributed by atoms with E-state index in [1.807, 2.05) is 0 Å². The van der Waals surface area contributed by atoms with E-state index in [1.54, 1.807) is 13.0 Å². The summed E-state index contributed by atoms with van der Waals surface area (Å²) in [6.45, 7) is 1.63. The fraction of sp³-hybridized carbons (Fsp3) is 0.214. The number of carbonyl (C=O) groups is 1. The van der Waals surface area contributed by atoms with Crippen LogP contribution in [0, 0.1) is 12.7 Å². The quantitative estimate of drug-likeness (QED) is 0.893. The first-order valence-electron chi connectivity index (χ1n) is 6.05. The predicted molar refractivity (Wildman–Crippen MR) is 70.9 cm³/mol. The minimum Gasteiger partial charge on any atom is -0.481 e. The van der Waals surface area contributed by atoms with Gasteiger partial charge in [0.15, 0.2) is 0 Å². The summed E-state index contributed by atoms with van der Waals surface area (Å²) in [5, 5.41) is 8.65. The van der Waals surface area contributed by atoms with Crippen LogP contribution in [-0.2, 0) is 11.2 Å². The largest absolute Gasteiger partial charge is 0.481 e. The number of aryl methyl sites for hydroxylation is 1. The molecule has 0 unspecified atom stereocenters. The molecule has 0 amide bonds. The van der Waals surface area contributed by atoms with Gasteiger partial charge in [0.1, 0.15) is 11.6 Å². The minimum absolute atomic E-state index is 0.118. The number of hydrogen-bond donors (Lipinski definition) is 2. The number of hydrogen-bond acceptors (Lipinski definition) is 3. The summed E-state index contributed by atoms with van der Waals surface area (Å²) in [5.74, 6) is -1.12. The van der Waals surface area contributed by atoms with Crippen molar-refractivity contribution in [3.63, 3.8) is 0 Å². The lowest BCUT2D eigenvalue weighted by atomic mass is 10.1. The van der Waals surface area contributed by atoms with E-state index in [2.05, 4.69) is 9.97 Å². The standard InChI is InChI=1S/C14H13FN2O3/c1-8-11(5-6-12(18)19)14(20)17-13(16-8)9-3-2-4-10(15)7-9/h2-4,7H,5-6H2,1H3,(H,18,19)(H,16,17,20). The highest BCUT2D eigenvalue weighted by Gasteiger charge is 2.11. The maximum Gasteiger partial charge on any atom is 0.303 e. The summed E-state index contributed by atoms with van der Waals surface area (Å²) >= 11 is 0. The maximum absolute atomic E-state index is 13.2. The summed E-state index contributed by atoms with van der Waals surface area (Å²) in [7, 11) is 0. The molecule has 20 heavy (non-hydrogen) atoms. The van der Waals surface area contributed by atoms with Crippen LogP contribution in [0.5, 0.6) is 0 Å². The first kappa shape index (κ1) is 13.9. The Bertz CT molecular complexity index is 710. The number of carboxylic acids is 1. The van der Waals surface area contributed by atoms with Gasteiger partial charge in [-0.15, -0.1) is 0 Å². The Labute approximate surface area is 114 Å². The zero-order valence-electron chi connectivity index (χ0n) is 10.8. The van der Waals surface area contributed by atoms with Crippen LogP contribution in [0.15, 0.2) is 29.1 Å². The van der Waals surface area contributed by atoms with Gasteiger partial charge < -0.3 is 10.1 Å². The van der Waals surface area contributed by atoms with Gasteiger partial charge in [-0.2, -0.15) is 0 Å². The van der Waals surface area contributed by atoms with Gasteiger partial charge in [0.05, 0.1) is 0 Å². The number of halogens is 1. The third kappa shape index (κ3) is 3.09. The smallest absolute Gasteiger partial charge is 0.303 e. The van der Waals surface area contributed by atoms with E-state index in [4.69, 9.17) is 5.11 Å². The van der Waals surface area contributed by atoms with E-state index >= 15 is 0 Å². The van der Waals surface area contributed by atoms with Gasteiger partial charge in [-0.3, -0.25) is 9.59 Å². The molecule has 0 aliphatic heterocycles. The van der Waals surface area contributed by atoms with Crippen molar-refractivity contribution in [1.82, 2.24) is 9.97 Å². The first-order valence-corrected chi connectivity index (χ1v) is 6.05. The normalized spacial score (nSPS) is 10.5. The SMILES string of the molecule is Cc1nc(-c2cccc(F)c2)[nH]c(=O)c1CCC(=O)O. The molecule has 0 spiro atoms.